The molecule has 0 aliphatic heterocycles. The largest absolute Gasteiger partial charge is 0.378 e. The van der Waals surface area contributed by atoms with Crippen LogP contribution in [0.3, 0.4) is 0 Å². The molecule has 0 radical (unpaired) electrons. The second-order valence-electron chi connectivity index (χ2n) is 14.1. The van der Waals surface area contributed by atoms with E-state index in [1.807, 2.05) is 0 Å². The average Bonchev–Trinajstić information content (AvgIpc) is 3.18. The van der Waals surface area contributed by atoms with Crippen molar-refractivity contribution >= 4 is 22.6 Å². The van der Waals surface area contributed by atoms with Crippen LogP contribution in [0.4, 0.5) is 0 Å². The van der Waals surface area contributed by atoms with Crippen molar-refractivity contribution in [2.24, 2.45) is 46.3 Å². The Hall–Kier alpha value is 0.430. The predicted octanol–water partition coefficient (Wildman–Crippen LogP) is 10.4. The van der Waals surface area contributed by atoms with Crippen LogP contribution in [0.5, 0.6) is 0 Å². The maximum absolute atomic E-state index is 6.42. The quantitative estimate of drug-likeness (QED) is 0.0943. The first-order valence-corrected chi connectivity index (χ1v) is 17.2. The number of rotatable bonds is 12. The summed E-state index contributed by atoms with van der Waals surface area (Å²) in [5.41, 5.74) is 2.86. The summed E-state index contributed by atoms with van der Waals surface area (Å²) in [6, 6.07) is 0. The van der Waals surface area contributed by atoms with Gasteiger partial charge in [-0.3, -0.25) is 0 Å². The average molecular weight is 597 g/mol. The monoisotopic (exact) mass is 596 g/mol. The molecule has 0 aromatic rings. The molecule has 3 fully saturated rings. The van der Waals surface area contributed by atoms with Gasteiger partial charge in [0.15, 0.2) is 0 Å². The number of hydrogen-bond acceptors (Lipinski definition) is 1. The van der Waals surface area contributed by atoms with Gasteiger partial charge in [-0.05, 0) is 115 Å². The highest BCUT2D eigenvalue weighted by atomic mass is 127. The van der Waals surface area contributed by atoms with Gasteiger partial charge in [0, 0.05) is 6.61 Å². The molecule has 4 aliphatic carbocycles. The molecule has 202 valence electrons. The second-order valence-corrected chi connectivity index (χ2v) is 15.2. The highest BCUT2D eigenvalue weighted by Gasteiger charge is 2.59. The second kappa shape index (κ2) is 12.5. The summed E-state index contributed by atoms with van der Waals surface area (Å²) in [7, 11) is 0. The van der Waals surface area contributed by atoms with Crippen LogP contribution in [0.1, 0.15) is 131 Å². The van der Waals surface area contributed by atoms with Crippen LogP contribution in [-0.2, 0) is 4.74 Å². The predicted molar refractivity (Wildman–Crippen MR) is 160 cm³/mol. The summed E-state index contributed by atoms with van der Waals surface area (Å²) in [5.74, 6) is 5.61. The van der Waals surface area contributed by atoms with Gasteiger partial charge in [-0.15, -0.1) is 0 Å². The van der Waals surface area contributed by atoms with E-state index in [4.69, 9.17) is 4.74 Å². The first-order valence-electron chi connectivity index (χ1n) is 15.7. The zero-order valence-corrected chi connectivity index (χ0v) is 26.1. The topological polar surface area (TPSA) is 9.23 Å². The number of unbranched alkanes of at least 4 members (excludes halogenated alkanes) is 3. The maximum atomic E-state index is 6.42. The smallest absolute Gasteiger partial charge is 0.0612 e. The number of hydrogen-bond donors (Lipinski definition) is 0. The lowest BCUT2D eigenvalue weighted by molar-refractivity contribution is -0.0641. The summed E-state index contributed by atoms with van der Waals surface area (Å²) in [5, 5.41) is 0. The van der Waals surface area contributed by atoms with E-state index >= 15 is 0 Å². The molecule has 0 aromatic heterocycles. The Morgan fingerprint density at radius 3 is 2.49 bits per heavy atom. The van der Waals surface area contributed by atoms with Crippen molar-refractivity contribution < 1.29 is 4.74 Å². The molecule has 1 nitrogen and oxygen atoms in total. The zero-order valence-electron chi connectivity index (χ0n) is 23.9. The van der Waals surface area contributed by atoms with Crippen molar-refractivity contribution in [1.82, 2.24) is 0 Å². The van der Waals surface area contributed by atoms with Gasteiger partial charge < -0.3 is 4.74 Å². The Bertz CT molecular complexity index is 699. The van der Waals surface area contributed by atoms with Crippen molar-refractivity contribution in [3.8, 4) is 0 Å². The van der Waals surface area contributed by atoms with Crippen LogP contribution in [0, 0.1) is 46.3 Å². The Morgan fingerprint density at radius 1 is 0.914 bits per heavy atom. The van der Waals surface area contributed by atoms with Crippen molar-refractivity contribution in [3.63, 3.8) is 0 Å². The van der Waals surface area contributed by atoms with Gasteiger partial charge in [-0.25, -0.2) is 0 Å². The zero-order chi connectivity index (χ0) is 25.1. The Kier molecular flexibility index (Phi) is 10.2. The van der Waals surface area contributed by atoms with Gasteiger partial charge in [0.05, 0.1) is 6.10 Å². The van der Waals surface area contributed by atoms with Crippen molar-refractivity contribution in [2.75, 3.05) is 11.0 Å². The minimum absolute atomic E-state index is 0.464. The van der Waals surface area contributed by atoms with Crippen molar-refractivity contribution in [2.45, 2.75) is 137 Å². The summed E-state index contributed by atoms with van der Waals surface area (Å²) in [4.78, 5) is 0. The van der Waals surface area contributed by atoms with E-state index in [0.29, 0.717) is 16.9 Å². The normalized spacial score (nSPS) is 39.6. The molecule has 0 spiro atoms. The molecular formula is C33H57IO. The fourth-order valence-electron chi connectivity index (χ4n) is 9.59. The first kappa shape index (κ1) is 28.4. The molecule has 3 saturated carbocycles. The van der Waals surface area contributed by atoms with Gasteiger partial charge in [0.2, 0.25) is 0 Å². The molecule has 0 N–H and O–H groups in total. The highest BCUT2D eigenvalue weighted by Crippen LogP contribution is 2.67. The van der Waals surface area contributed by atoms with Gasteiger partial charge >= 0.3 is 0 Å². The molecule has 4 aliphatic rings. The number of fused-ring (bicyclic) bond motifs is 5. The van der Waals surface area contributed by atoms with E-state index in [0.717, 1.165) is 42.1 Å². The lowest BCUT2D eigenvalue weighted by Crippen LogP contribution is -2.51. The lowest BCUT2D eigenvalue weighted by Gasteiger charge is -2.58. The summed E-state index contributed by atoms with van der Waals surface area (Å²) in [6.45, 7) is 13.8. The van der Waals surface area contributed by atoms with Gasteiger partial charge in [-0.1, -0.05) is 101 Å². The lowest BCUT2D eigenvalue weighted by atomic mass is 9.47. The van der Waals surface area contributed by atoms with E-state index in [1.165, 1.54) is 101 Å². The Labute approximate surface area is 232 Å². The number of halogens is 1. The minimum Gasteiger partial charge on any atom is -0.378 e. The van der Waals surface area contributed by atoms with Gasteiger partial charge in [-0.2, -0.15) is 0 Å². The summed E-state index contributed by atoms with van der Waals surface area (Å²) < 4.78 is 7.72. The number of ether oxygens (including phenoxy) is 1. The molecule has 2 heteroatoms. The number of allylic oxidation sites excluding steroid dienone is 1. The third kappa shape index (κ3) is 6.20. The van der Waals surface area contributed by atoms with Crippen LogP contribution in [0.15, 0.2) is 11.6 Å². The van der Waals surface area contributed by atoms with Gasteiger partial charge in [0.25, 0.3) is 0 Å². The fourth-order valence-corrected chi connectivity index (χ4v) is 10.1. The standard InChI is InChI=1S/C33H57IO/c1-24(2)11-10-12-25(3)29-15-16-30-28-14-13-26-23-27(35-22-9-7-6-8-21-34)17-19-32(26,4)31(28)18-20-33(29,30)5/h13,24-25,27-31H,6-12,14-23H2,1-5H3/t25-,27?,28+,29-,30+,31+,32+,33-/m1/s1. The Balaban J connectivity index is 1.34. The molecule has 8 atom stereocenters. The Morgan fingerprint density at radius 2 is 1.71 bits per heavy atom. The molecule has 1 unspecified atom stereocenters. The van der Waals surface area contributed by atoms with E-state index < -0.39 is 0 Å². The van der Waals surface area contributed by atoms with Crippen LogP contribution in [-0.4, -0.2) is 17.1 Å². The molecule has 35 heavy (non-hydrogen) atoms. The molecule has 0 aromatic carbocycles. The SMILES string of the molecule is CC(C)CCC[C@@H](C)[C@H]1CC[C@H]2[C@@H]3CC=C4CC(OCCCCCCI)CC[C@]4(C)[C@H]3CC[C@]12C. The molecule has 0 saturated heterocycles. The highest BCUT2D eigenvalue weighted by molar-refractivity contribution is 14.1. The van der Waals surface area contributed by atoms with Crippen LogP contribution in [0.2, 0.25) is 0 Å². The van der Waals surface area contributed by atoms with E-state index in [9.17, 15) is 0 Å². The summed E-state index contributed by atoms with van der Waals surface area (Å²) in [6.07, 6.45) is 24.2. The van der Waals surface area contributed by atoms with Crippen LogP contribution < -0.4 is 0 Å². The third-order valence-electron chi connectivity index (χ3n) is 11.6. The van der Waals surface area contributed by atoms with E-state index in [2.05, 4.69) is 63.3 Å². The van der Waals surface area contributed by atoms with E-state index in [-0.39, 0.29) is 0 Å². The maximum Gasteiger partial charge on any atom is 0.0612 e. The van der Waals surface area contributed by atoms with E-state index in [1.54, 1.807) is 5.57 Å². The molecule has 0 amide bonds. The summed E-state index contributed by atoms with van der Waals surface area (Å²) >= 11 is 2.50. The molecular weight excluding hydrogens is 539 g/mol. The number of alkyl halides is 1. The third-order valence-corrected chi connectivity index (χ3v) is 12.4. The van der Waals surface area contributed by atoms with Crippen LogP contribution >= 0.6 is 22.6 Å². The van der Waals surface area contributed by atoms with Crippen molar-refractivity contribution in [3.05, 3.63) is 11.6 Å². The molecule has 0 heterocycles. The van der Waals surface area contributed by atoms with Crippen molar-refractivity contribution in [1.29, 1.82) is 0 Å². The minimum atomic E-state index is 0.464. The first-order chi connectivity index (χ1) is 16.8. The molecule has 4 rings (SSSR count). The fraction of sp³-hybridized carbons (Fsp3) is 0.939. The molecule has 0 bridgehead atoms. The van der Waals surface area contributed by atoms with Gasteiger partial charge in [0.1, 0.15) is 0 Å². The van der Waals surface area contributed by atoms with Crippen LogP contribution in [0.25, 0.3) is 0 Å².